The molecule has 2 unspecified atom stereocenters. The summed E-state index contributed by atoms with van der Waals surface area (Å²) in [6.07, 6.45) is 2.97. The van der Waals surface area contributed by atoms with Crippen LogP contribution in [0.15, 0.2) is 30.3 Å². The number of nitrogens with zero attached hydrogens (tertiary/aromatic N) is 1. The summed E-state index contributed by atoms with van der Waals surface area (Å²) >= 11 is 1.61. The van der Waals surface area contributed by atoms with Crippen LogP contribution in [0.2, 0.25) is 0 Å². The van der Waals surface area contributed by atoms with Crippen molar-refractivity contribution in [3.8, 4) is 0 Å². The fraction of sp³-hybridized carbons (Fsp3) is 0.533. The third-order valence-electron chi connectivity index (χ3n) is 3.30. The number of amides is 1. The summed E-state index contributed by atoms with van der Waals surface area (Å²) in [6, 6.07) is 10.5. The Morgan fingerprint density at radius 3 is 2.39 bits per heavy atom. The first-order valence-electron chi connectivity index (χ1n) is 6.47. The first-order valence-corrected chi connectivity index (χ1v) is 7.76. The van der Waals surface area contributed by atoms with Gasteiger partial charge in [-0.1, -0.05) is 37.3 Å². The van der Waals surface area contributed by atoms with E-state index in [1.54, 1.807) is 11.8 Å². The molecule has 0 saturated heterocycles. The van der Waals surface area contributed by atoms with Gasteiger partial charge in [0.2, 0.25) is 5.91 Å². The molecule has 1 amide bonds. The van der Waals surface area contributed by atoms with Crippen molar-refractivity contribution in [3.05, 3.63) is 35.9 Å². The van der Waals surface area contributed by atoms with Crippen molar-refractivity contribution < 1.29 is 4.79 Å². The summed E-state index contributed by atoms with van der Waals surface area (Å²) in [5.74, 6) is 0.237. The summed E-state index contributed by atoms with van der Waals surface area (Å²) in [6.45, 7) is 6.93. The predicted octanol–water partition coefficient (Wildman–Crippen LogP) is 3.57. The molecule has 0 saturated carbocycles. The van der Waals surface area contributed by atoms with Gasteiger partial charge in [0.1, 0.15) is 0 Å². The van der Waals surface area contributed by atoms with Crippen LogP contribution in [0, 0.1) is 0 Å². The fourth-order valence-electron chi connectivity index (χ4n) is 1.79. The number of rotatable bonds is 6. The highest BCUT2D eigenvalue weighted by molar-refractivity contribution is 7.99. The molecule has 1 aromatic rings. The molecule has 1 aromatic carbocycles. The largest absolute Gasteiger partial charge is 0.335 e. The lowest BCUT2D eigenvalue weighted by Gasteiger charge is -2.30. The third kappa shape index (κ3) is 4.05. The monoisotopic (exact) mass is 265 g/mol. The Labute approximate surface area is 115 Å². The predicted molar refractivity (Wildman–Crippen MR) is 79.7 cm³/mol. The quantitative estimate of drug-likeness (QED) is 0.784. The van der Waals surface area contributed by atoms with E-state index in [0.717, 1.165) is 6.42 Å². The topological polar surface area (TPSA) is 20.3 Å². The Kier molecular flexibility index (Phi) is 6.27. The Bertz CT molecular complexity index is 366. The lowest BCUT2D eigenvalue weighted by molar-refractivity contribution is -0.133. The average molecular weight is 265 g/mol. The van der Waals surface area contributed by atoms with E-state index in [4.69, 9.17) is 0 Å². The van der Waals surface area contributed by atoms with Crippen LogP contribution >= 0.6 is 11.8 Å². The van der Waals surface area contributed by atoms with E-state index in [0.29, 0.717) is 6.54 Å². The van der Waals surface area contributed by atoms with E-state index in [2.05, 4.69) is 26.0 Å². The van der Waals surface area contributed by atoms with Gasteiger partial charge in [-0.15, -0.1) is 0 Å². The highest BCUT2D eigenvalue weighted by atomic mass is 32.2. The van der Waals surface area contributed by atoms with Gasteiger partial charge in [-0.05, 0) is 32.1 Å². The SMILES string of the molecule is CCC(C)N(Cc1ccccc1)C(=O)C(C)SC. The van der Waals surface area contributed by atoms with Crippen molar-refractivity contribution in [3.63, 3.8) is 0 Å². The van der Waals surface area contributed by atoms with Crippen molar-refractivity contribution in [2.24, 2.45) is 0 Å². The van der Waals surface area contributed by atoms with E-state index in [1.807, 2.05) is 36.3 Å². The van der Waals surface area contributed by atoms with Crippen LogP contribution < -0.4 is 0 Å². The first-order chi connectivity index (χ1) is 8.60. The minimum Gasteiger partial charge on any atom is -0.335 e. The summed E-state index contributed by atoms with van der Waals surface area (Å²) in [4.78, 5) is 14.4. The number of benzene rings is 1. The van der Waals surface area contributed by atoms with E-state index >= 15 is 0 Å². The molecule has 0 aliphatic heterocycles. The second kappa shape index (κ2) is 7.47. The highest BCUT2D eigenvalue weighted by Gasteiger charge is 2.23. The van der Waals surface area contributed by atoms with Gasteiger partial charge in [0.05, 0.1) is 5.25 Å². The lowest BCUT2D eigenvalue weighted by atomic mass is 10.1. The zero-order valence-corrected chi connectivity index (χ0v) is 12.5. The van der Waals surface area contributed by atoms with Crippen molar-refractivity contribution in [2.45, 2.75) is 45.0 Å². The van der Waals surface area contributed by atoms with Crippen molar-refractivity contribution >= 4 is 17.7 Å². The molecule has 2 atom stereocenters. The van der Waals surface area contributed by atoms with Gasteiger partial charge in [0.15, 0.2) is 0 Å². The molecule has 2 nitrogen and oxygen atoms in total. The van der Waals surface area contributed by atoms with Crippen LogP contribution in [0.3, 0.4) is 0 Å². The number of hydrogen-bond acceptors (Lipinski definition) is 2. The molecule has 0 N–H and O–H groups in total. The van der Waals surface area contributed by atoms with E-state index in [-0.39, 0.29) is 17.2 Å². The maximum Gasteiger partial charge on any atom is 0.235 e. The van der Waals surface area contributed by atoms with Crippen molar-refractivity contribution in [2.75, 3.05) is 6.26 Å². The average Bonchev–Trinajstić information content (AvgIpc) is 2.43. The number of thioether (sulfide) groups is 1. The van der Waals surface area contributed by atoms with Crippen LogP contribution in [-0.4, -0.2) is 28.4 Å². The van der Waals surface area contributed by atoms with Gasteiger partial charge < -0.3 is 4.90 Å². The van der Waals surface area contributed by atoms with Gasteiger partial charge in [-0.25, -0.2) is 0 Å². The van der Waals surface area contributed by atoms with E-state index < -0.39 is 0 Å². The number of hydrogen-bond donors (Lipinski definition) is 0. The Morgan fingerprint density at radius 1 is 1.28 bits per heavy atom. The standard InChI is InChI=1S/C15H23NOS/c1-5-12(2)16(15(17)13(3)18-4)11-14-9-7-6-8-10-14/h6-10,12-13H,5,11H2,1-4H3. The normalized spacial score (nSPS) is 14.0. The molecule has 0 bridgehead atoms. The summed E-state index contributed by atoms with van der Waals surface area (Å²) < 4.78 is 0. The minimum absolute atomic E-state index is 0.0303. The Hall–Kier alpha value is -0.960. The first kappa shape index (κ1) is 15.1. The molecule has 18 heavy (non-hydrogen) atoms. The molecule has 0 aliphatic rings. The molecule has 0 aliphatic carbocycles. The molecule has 3 heteroatoms. The van der Waals surface area contributed by atoms with Crippen molar-refractivity contribution in [1.29, 1.82) is 0 Å². The molecule has 0 spiro atoms. The number of carbonyl (C=O) groups excluding carboxylic acids is 1. The van der Waals surface area contributed by atoms with E-state index in [1.165, 1.54) is 5.56 Å². The second-order valence-corrected chi connectivity index (χ2v) is 5.77. The van der Waals surface area contributed by atoms with Crippen LogP contribution in [0.4, 0.5) is 0 Å². The third-order valence-corrected chi connectivity index (χ3v) is 4.21. The minimum atomic E-state index is 0.0303. The lowest BCUT2D eigenvalue weighted by Crippen LogP contribution is -2.41. The molecule has 0 aromatic heterocycles. The van der Waals surface area contributed by atoms with Gasteiger partial charge >= 0.3 is 0 Å². The van der Waals surface area contributed by atoms with Crippen LogP contribution in [0.5, 0.6) is 0 Å². The number of carbonyl (C=O) groups is 1. The second-order valence-electron chi connectivity index (χ2n) is 4.59. The Morgan fingerprint density at radius 2 is 1.89 bits per heavy atom. The maximum atomic E-state index is 12.4. The summed E-state index contributed by atoms with van der Waals surface area (Å²) in [5, 5.41) is 0.0303. The Balaban J connectivity index is 2.82. The summed E-state index contributed by atoms with van der Waals surface area (Å²) in [7, 11) is 0. The fourth-order valence-corrected chi connectivity index (χ4v) is 2.12. The zero-order chi connectivity index (χ0) is 13.5. The van der Waals surface area contributed by atoms with Gasteiger partial charge in [0.25, 0.3) is 0 Å². The van der Waals surface area contributed by atoms with Crippen LogP contribution in [-0.2, 0) is 11.3 Å². The van der Waals surface area contributed by atoms with Crippen LogP contribution in [0.1, 0.15) is 32.8 Å². The highest BCUT2D eigenvalue weighted by Crippen LogP contribution is 2.16. The molecular formula is C15H23NOS. The van der Waals surface area contributed by atoms with Gasteiger partial charge in [0, 0.05) is 12.6 Å². The molecular weight excluding hydrogens is 242 g/mol. The van der Waals surface area contributed by atoms with Crippen molar-refractivity contribution in [1.82, 2.24) is 4.90 Å². The molecule has 0 radical (unpaired) electrons. The summed E-state index contributed by atoms with van der Waals surface area (Å²) in [5.41, 5.74) is 1.19. The maximum absolute atomic E-state index is 12.4. The molecule has 0 fully saturated rings. The molecule has 0 heterocycles. The van der Waals surface area contributed by atoms with Gasteiger partial charge in [-0.3, -0.25) is 4.79 Å². The smallest absolute Gasteiger partial charge is 0.235 e. The molecule has 1 rings (SSSR count). The van der Waals surface area contributed by atoms with Gasteiger partial charge in [-0.2, -0.15) is 11.8 Å². The van der Waals surface area contributed by atoms with E-state index in [9.17, 15) is 4.79 Å². The van der Waals surface area contributed by atoms with Crippen LogP contribution in [0.25, 0.3) is 0 Å². The zero-order valence-electron chi connectivity index (χ0n) is 11.7. The molecule has 100 valence electrons.